The fraction of sp³-hybridized carbons (Fsp3) is 0.917. The molecule has 0 aromatic heterocycles. The van der Waals surface area contributed by atoms with Gasteiger partial charge in [-0.1, -0.05) is 0 Å². The van der Waals surface area contributed by atoms with E-state index in [2.05, 4.69) is 22.0 Å². The quantitative estimate of drug-likeness (QED) is 0.748. The van der Waals surface area contributed by atoms with E-state index in [0.29, 0.717) is 6.61 Å². The Balaban J connectivity index is 1.69. The van der Waals surface area contributed by atoms with Crippen LogP contribution in [0.5, 0.6) is 0 Å². The van der Waals surface area contributed by atoms with E-state index in [0.717, 1.165) is 37.3 Å². The average Bonchev–Trinajstić information content (AvgIpc) is 3.13. The van der Waals surface area contributed by atoms with Gasteiger partial charge < -0.3 is 15.0 Å². The molecule has 0 spiro atoms. The predicted octanol–water partition coefficient (Wildman–Crippen LogP) is 0.676. The first-order valence-electron chi connectivity index (χ1n) is 6.49. The Morgan fingerprint density at radius 2 is 2.00 bits per heavy atom. The monoisotopic (exact) mass is 257 g/mol. The minimum Gasteiger partial charge on any atom is -0.383 e. The van der Waals surface area contributed by atoms with Gasteiger partial charge in [0.05, 0.1) is 6.61 Å². The van der Waals surface area contributed by atoms with Crippen LogP contribution in [-0.4, -0.2) is 66.9 Å². The van der Waals surface area contributed by atoms with E-state index in [4.69, 9.17) is 17.0 Å². The van der Waals surface area contributed by atoms with E-state index in [1.54, 1.807) is 7.11 Å². The van der Waals surface area contributed by atoms with Gasteiger partial charge in [0.25, 0.3) is 0 Å². The number of thiocarbonyl (C=S) groups is 1. The van der Waals surface area contributed by atoms with Gasteiger partial charge in [-0.25, -0.2) is 0 Å². The number of hydrogen-bond donors (Lipinski definition) is 1. The maximum absolute atomic E-state index is 5.43. The van der Waals surface area contributed by atoms with Crippen LogP contribution in [0, 0.1) is 0 Å². The lowest BCUT2D eigenvalue weighted by atomic mass is 10.3. The second-order valence-electron chi connectivity index (χ2n) is 5.06. The van der Waals surface area contributed by atoms with Crippen molar-refractivity contribution in [3.63, 3.8) is 0 Å². The number of nitrogens with zero attached hydrogens (tertiary/aromatic N) is 2. The van der Waals surface area contributed by atoms with Gasteiger partial charge in [0.15, 0.2) is 5.11 Å². The molecule has 0 amide bonds. The lowest BCUT2D eigenvalue weighted by Crippen LogP contribution is -2.53. The molecule has 2 fully saturated rings. The van der Waals surface area contributed by atoms with Crippen LogP contribution in [0.3, 0.4) is 0 Å². The SMILES string of the molecule is COCC(C)NC(=S)N1CCN(C2CC2)CC1. The van der Waals surface area contributed by atoms with Crippen molar-refractivity contribution in [1.29, 1.82) is 0 Å². The van der Waals surface area contributed by atoms with Gasteiger partial charge in [-0.15, -0.1) is 0 Å². The van der Waals surface area contributed by atoms with Crippen molar-refractivity contribution in [2.24, 2.45) is 0 Å². The molecular formula is C12H23N3OS. The van der Waals surface area contributed by atoms with Gasteiger partial charge in [0.2, 0.25) is 0 Å². The third kappa shape index (κ3) is 3.79. The molecule has 1 saturated heterocycles. The van der Waals surface area contributed by atoms with Crippen LogP contribution in [0.15, 0.2) is 0 Å². The standard InChI is InChI=1S/C12H23N3OS/c1-10(9-16-2)13-12(17)15-7-5-14(6-8-15)11-3-4-11/h10-11H,3-9H2,1-2H3,(H,13,17). The van der Waals surface area contributed by atoms with Crippen LogP contribution in [0.25, 0.3) is 0 Å². The Labute approximate surface area is 109 Å². The molecule has 4 nitrogen and oxygen atoms in total. The highest BCUT2D eigenvalue weighted by Gasteiger charge is 2.31. The van der Waals surface area contributed by atoms with Gasteiger partial charge in [-0.05, 0) is 32.0 Å². The molecule has 1 unspecified atom stereocenters. The third-order valence-electron chi connectivity index (χ3n) is 3.45. The molecule has 1 atom stereocenters. The van der Waals surface area contributed by atoms with Crippen molar-refractivity contribution in [3.05, 3.63) is 0 Å². The Morgan fingerprint density at radius 1 is 1.35 bits per heavy atom. The topological polar surface area (TPSA) is 27.7 Å². The van der Waals surface area contributed by atoms with E-state index in [1.807, 2.05) is 0 Å². The van der Waals surface area contributed by atoms with Crippen LogP contribution in [0.2, 0.25) is 0 Å². The molecule has 1 N–H and O–H groups in total. The molecule has 0 aromatic rings. The van der Waals surface area contributed by atoms with E-state index in [9.17, 15) is 0 Å². The average molecular weight is 257 g/mol. The molecule has 0 radical (unpaired) electrons. The van der Waals surface area contributed by atoms with Crippen LogP contribution < -0.4 is 5.32 Å². The molecule has 1 heterocycles. The number of piperazine rings is 1. The van der Waals surface area contributed by atoms with Crippen molar-refractivity contribution in [3.8, 4) is 0 Å². The second kappa shape index (κ2) is 5.98. The lowest BCUT2D eigenvalue weighted by Gasteiger charge is -2.37. The Kier molecular flexibility index (Phi) is 4.59. The van der Waals surface area contributed by atoms with Crippen molar-refractivity contribution >= 4 is 17.3 Å². The first-order chi connectivity index (χ1) is 8.20. The van der Waals surface area contributed by atoms with Crippen molar-refractivity contribution < 1.29 is 4.74 Å². The van der Waals surface area contributed by atoms with Gasteiger partial charge >= 0.3 is 0 Å². The summed E-state index contributed by atoms with van der Waals surface area (Å²) < 4.78 is 5.10. The summed E-state index contributed by atoms with van der Waals surface area (Å²) in [5.41, 5.74) is 0. The zero-order valence-electron chi connectivity index (χ0n) is 10.8. The number of hydrogen-bond acceptors (Lipinski definition) is 3. The van der Waals surface area contributed by atoms with Crippen molar-refractivity contribution in [2.45, 2.75) is 31.8 Å². The molecule has 2 aliphatic rings. The highest BCUT2D eigenvalue weighted by molar-refractivity contribution is 7.80. The lowest BCUT2D eigenvalue weighted by molar-refractivity contribution is 0.164. The smallest absolute Gasteiger partial charge is 0.169 e. The van der Waals surface area contributed by atoms with Crippen molar-refractivity contribution in [2.75, 3.05) is 39.9 Å². The maximum atomic E-state index is 5.43. The number of methoxy groups -OCH3 is 1. The fourth-order valence-corrected chi connectivity index (χ4v) is 2.71. The van der Waals surface area contributed by atoms with E-state index in [-0.39, 0.29) is 6.04 Å². The summed E-state index contributed by atoms with van der Waals surface area (Å²) in [6.45, 7) is 7.22. The summed E-state index contributed by atoms with van der Waals surface area (Å²) in [6.07, 6.45) is 2.79. The summed E-state index contributed by atoms with van der Waals surface area (Å²) >= 11 is 5.43. The Bertz CT molecular complexity index is 262. The highest BCUT2D eigenvalue weighted by atomic mass is 32.1. The zero-order valence-corrected chi connectivity index (χ0v) is 11.6. The van der Waals surface area contributed by atoms with Crippen LogP contribution in [-0.2, 0) is 4.74 Å². The number of nitrogens with one attached hydrogen (secondary N) is 1. The van der Waals surface area contributed by atoms with Crippen LogP contribution in [0.4, 0.5) is 0 Å². The Morgan fingerprint density at radius 3 is 2.53 bits per heavy atom. The van der Waals surface area contributed by atoms with E-state index < -0.39 is 0 Å². The van der Waals surface area contributed by atoms with Gasteiger partial charge in [0, 0.05) is 45.4 Å². The normalized spacial score (nSPS) is 23.5. The Hall–Kier alpha value is -0.390. The molecule has 5 heteroatoms. The van der Waals surface area contributed by atoms with Gasteiger partial charge in [-0.3, -0.25) is 4.90 Å². The summed E-state index contributed by atoms with van der Waals surface area (Å²) in [5, 5.41) is 4.20. The summed E-state index contributed by atoms with van der Waals surface area (Å²) in [4.78, 5) is 4.87. The number of rotatable bonds is 4. The molecule has 98 valence electrons. The number of ether oxygens (including phenoxy) is 1. The fourth-order valence-electron chi connectivity index (χ4n) is 2.32. The summed E-state index contributed by atoms with van der Waals surface area (Å²) in [6, 6.07) is 1.17. The van der Waals surface area contributed by atoms with E-state index in [1.165, 1.54) is 12.8 Å². The molecule has 0 bridgehead atoms. The molecule has 17 heavy (non-hydrogen) atoms. The predicted molar refractivity (Wildman–Crippen MR) is 73.2 cm³/mol. The molecule has 1 aliphatic heterocycles. The molecule has 0 aromatic carbocycles. The van der Waals surface area contributed by atoms with Gasteiger partial charge in [0.1, 0.15) is 0 Å². The second-order valence-corrected chi connectivity index (χ2v) is 5.45. The molecular weight excluding hydrogens is 234 g/mol. The first-order valence-corrected chi connectivity index (χ1v) is 6.90. The molecule has 1 aliphatic carbocycles. The van der Waals surface area contributed by atoms with Crippen LogP contribution >= 0.6 is 12.2 Å². The summed E-state index contributed by atoms with van der Waals surface area (Å²) in [5.74, 6) is 0. The third-order valence-corrected chi connectivity index (χ3v) is 3.83. The largest absolute Gasteiger partial charge is 0.383 e. The van der Waals surface area contributed by atoms with Crippen LogP contribution in [0.1, 0.15) is 19.8 Å². The minimum atomic E-state index is 0.286. The van der Waals surface area contributed by atoms with Crippen molar-refractivity contribution in [1.82, 2.24) is 15.1 Å². The minimum absolute atomic E-state index is 0.286. The molecule has 1 saturated carbocycles. The first kappa shape index (κ1) is 13.1. The van der Waals surface area contributed by atoms with E-state index >= 15 is 0 Å². The molecule has 2 rings (SSSR count). The van der Waals surface area contributed by atoms with Gasteiger partial charge in [-0.2, -0.15) is 0 Å². The zero-order chi connectivity index (χ0) is 12.3. The highest BCUT2D eigenvalue weighted by Crippen LogP contribution is 2.27. The summed E-state index contributed by atoms with van der Waals surface area (Å²) in [7, 11) is 1.72. The maximum Gasteiger partial charge on any atom is 0.169 e.